The molecule has 5 nitrogen and oxygen atoms in total. The highest BCUT2D eigenvalue weighted by molar-refractivity contribution is 7.91. The Kier molecular flexibility index (Phi) is 4.95. The third kappa shape index (κ3) is 4.25. The van der Waals surface area contributed by atoms with Crippen molar-refractivity contribution < 1.29 is 22.3 Å². The summed E-state index contributed by atoms with van der Waals surface area (Å²) in [5.41, 5.74) is 0.601. The Hall–Kier alpha value is -1.47. The van der Waals surface area contributed by atoms with E-state index in [2.05, 4.69) is 10.1 Å². The maximum atomic E-state index is 13.7. The number of ether oxygens (including phenoxy) is 1. The number of sulfone groups is 1. The average Bonchev–Trinajstić information content (AvgIpc) is 2.77. The van der Waals surface area contributed by atoms with Crippen molar-refractivity contribution in [2.45, 2.75) is 13.0 Å². The first kappa shape index (κ1) is 15.9. The van der Waals surface area contributed by atoms with Crippen molar-refractivity contribution in [2.24, 2.45) is 5.92 Å². The molecule has 1 saturated heterocycles. The summed E-state index contributed by atoms with van der Waals surface area (Å²) in [5.74, 6) is -0.737. The van der Waals surface area contributed by atoms with E-state index in [4.69, 9.17) is 0 Å². The lowest BCUT2D eigenvalue weighted by Crippen LogP contribution is -2.23. The van der Waals surface area contributed by atoms with Crippen LogP contribution < -0.4 is 5.32 Å². The normalized spacial score (nSPS) is 20.4. The summed E-state index contributed by atoms with van der Waals surface area (Å²) in [5, 5.41) is 3.12. The third-order valence-electron chi connectivity index (χ3n) is 3.53. The highest BCUT2D eigenvalue weighted by atomic mass is 32.2. The van der Waals surface area contributed by atoms with Gasteiger partial charge in [-0.3, -0.25) is 0 Å². The number of rotatable bonds is 5. The minimum atomic E-state index is -2.87. The van der Waals surface area contributed by atoms with Crippen molar-refractivity contribution in [3.63, 3.8) is 0 Å². The number of hydrogen-bond acceptors (Lipinski definition) is 5. The van der Waals surface area contributed by atoms with E-state index in [0.29, 0.717) is 25.1 Å². The number of halogens is 1. The highest BCUT2D eigenvalue weighted by Gasteiger charge is 2.27. The van der Waals surface area contributed by atoms with Crippen LogP contribution in [0.25, 0.3) is 0 Å². The lowest BCUT2D eigenvalue weighted by Gasteiger charge is -2.10. The second-order valence-corrected chi connectivity index (χ2v) is 7.43. The summed E-state index contributed by atoms with van der Waals surface area (Å²) in [7, 11) is -1.67. The fraction of sp³-hybridized carbons (Fsp3) is 0.500. The van der Waals surface area contributed by atoms with Crippen LogP contribution in [0.3, 0.4) is 0 Å². The first-order valence-electron chi connectivity index (χ1n) is 6.69. The zero-order valence-corrected chi connectivity index (χ0v) is 12.6. The van der Waals surface area contributed by atoms with Crippen LogP contribution in [0.15, 0.2) is 18.2 Å². The van der Waals surface area contributed by atoms with Gasteiger partial charge in [-0.1, -0.05) is 6.07 Å². The predicted molar refractivity (Wildman–Crippen MR) is 76.2 cm³/mol. The van der Waals surface area contributed by atoms with E-state index in [-0.39, 0.29) is 23.0 Å². The molecular weight excluding hydrogens is 297 g/mol. The van der Waals surface area contributed by atoms with Gasteiger partial charge in [0.05, 0.1) is 24.2 Å². The van der Waals surface area contributed by atoms with Crippen LogP contribution in [0.1, 0.15) is 22.3 Å². The van der Waals surface area contributed by atoms with Crippen molar-refractivity contribution in [3.05, 3.63) is 35.1 Å². The molecule has 1 aliphatic heterocycles. The minimum Gasteiger partial charge on any atom is -0.465 e. The third-order valence-corrected chi connectivity index (χ3v) is 5.36. The van der Waals surface area contributed by atoms with Crippen molar-refractivity contribution in [2.75, 3.05) is 25.2 Å². The van der Waals surface area contributed by atoms with Gasteiger partial charge < -0.3 is 10.1 Å². The number of hydrogen-bond donors (Lipinski definition) is 1. The van der Waals surface area contributed by atoms with Gasteiger partial charge in [0.2, 0.25) is 0 Å². The fourth-order valence-electron chi connectivity index (χ4n) is 2.40. The summed E-state index contributed by atoms with van der Waals surface area (Å²) < 4.78 is 40.8. The number of methoxy groups -OCH3 is 1. The number of carbonyl (C=O) groups is 1. The molecule has 0 aromatic heterocycles. The molecule has 1 aromatic carbocycles. The van der Waals surface area contributed by atoms with Gasteiger partial charge in [0.25, 0.3) is 0 Å². The number of benzene rings is 1. The molecule has 0 radical (unpaired) electrons. The zero-order chi connectivity index (χ0) is 15.5. The summed E-state index contributed by atoms with van der Waals surface area (Å²) in [6.45, 7) is 1.01. The second kappa shape index (κ2) is 6.53. The fourth-order valence-corrected chi connectivity index (χ4v) is 4.26. The molecular formula is C14H18FNO4S. The number of esters is 1. The van der Waals surface area contributed by atoms with Gasteiger partial charge in [0.1, 0.15) is 5.82 Å². The monoisotopic (exact) mass is 315 g/mol. The molecule has 21 heavy (non-hydrogen) atoms. The second-order valence-electron chi connectivity index (χ2n) is 5.21. The van der Waals surface area contributed by atoms with Gasteiger partial charge in [0.15, 0.2) is 9.84 Å². The van der Waals surface area contributed by atoms with Crippen molar-refractivity contribution >= 4 is 15.8 Å². The van der Waals surface area contributed by atoms with E-state index in [1.807, 2.05) is 0 Å². The summed E-state index contributed by atoms with van der Waals surface area (Å²) in [6, 6.07) is 4.32. The van der Waals surface area contributed by atoms with Crippen molar-refractivity contribution in [3.8, 4) is 0 Å². The van der Waals surface area contributed by atoms with Crippen LogP contribution in [-0.2, 0) is 21.1 Å². The molecule has 1 fully saturated rings. The molecule has 1 atom stereocenters. The van der Waals surface area contributed by atoms with Crippen LogP contribution in [0.2, 0.25) is 0 Å². The molecule has 1 N–H and O–H groups in total. The molecule has 1 unspecified atom stereocenters. The van der Waals surface area contributed by atoms with E-state index in [1.54, 1.807) is 6.07 Å². The Labute approximate surface area is 123 Å². The van der Waals surface area contributed by atoms with Gasteiger partial charge in [-0.05, 0) is 36.6 Å². The van der Waals surface area contributed by atoms with Crippen LogP contribution in [0, 0.1) is 11.7 Å². The number of nitrogens with one attached hydrogen (secondary N) is 1. The maximum absolute atomic E-state index is 13.7. The van der Waals surface area contributed by atoms with Crippen LogP contribution in [-0.4, -0.2) is 39.5 Å². The molecule has 0 spiro atoms. The number of carbonyl (C=O) groups excluding carboxylic acids is 1. The minimum absolute atomic E-state index is 0.0943. The molecule has 7 heteroatoms. The van der Waals surface area contributed by atoms with E-state index >= 15 is 0 Å². The molecule has 0 amide bonds. The molecule has 1 aliphatic rings. The van der Waals surface area contributed by atoms with E-state index in [1.165, 1.54) is 19.2 Å². The van der Waals surface area contributed by atoms with E-state index in [0.717, 1.165) is 0 Å². The lowest BCUT2D eigenvalue weighted by atomic mass is 10.1. The molecule has 0 bridgehead atoms. The first-order chi connectivity index (χ1) is 9.91. The Morgan fingerprint density at radius 3 is 2.81 bits per heavy atom. The Bertz CT molecular complexity index is 630. The Morgan fingerprint density at radius 2 is 2.24 bits per heavy atom. The molecule has 0 aliphatic carbocycles. The maximum Gasteiger partial charge on any atom is 0.340 e. The van der Waals surface area contributed by atoms with Crippen LogP contribution in [0.5, 0.6) is 0 Å². The van der Waals surface area contributed by atoms with E-state index < -0.39 is 21.6 Å². The predicted octanol–water partition coefficient (Wildman–Crippen LogP) is 1.14. The summed E-state index contributed by atoms with van der Waals surface area (Å²) in [4.78, 5) is 11.3. The molecule has 116 valence electrons. The lowest BCUT2D eigenvalue weighted by molar-refractivity contribution is 0.0595. The van der Waals surface area contributed by atoms with Gasteiger partial charge in [-0.25, -0.2) is 17.6 Å². The van der Waals surface area contributed by atoms with Gasteiger partial charge in [-0.2, -0.15) is 0 Å². The topological polar surface area (TPSA) is 72.5 Å². The largest absolute Gasteiger partial charge is 0.465 e. The average molecular weight is 315 g/mol. The summed E-state index contributed by atoms with van der Waals surface area (Å²) >= 11 is 0. The zero-order valence-electron chi connectivity index (χ0n) is 11.8. The van der Waals surface area contributed by atoms with Gasteiger partial charge in [0, 0.05) is 6.54 Å². The SMILES string of the molecule is COC(=O)c1ccc(CNCC2CCS(=O)(=O)C2)cc1F. The van der Waals surface area contributed by atoms with Crippen molar-refractivity contribution in [1.29, 1.82) is 0 Å². The highest BCUT2D eigenvalue weighted by Crippen LogP contribution is 2.17. The molecule has 1 heterocycles. The Balaban J connectivity index is 1.87. The molecule has 0 saturated carbocycles. The van der Waals surface area contributed by atoms with Crippen molar-refractivity contribution in [1.82, 2.24) is 5.32 Å². The van der Waals surface area contributed by atoms with Crippen LogP contribution in [0.4, 0.5) is 4.39 Å². The van der Waals surface area contributed by atoms with Gasteiger partial charge >= 0.3 is 5.97 Å². The van der Waals surface area contributed by atoms with Gasteiger partial charge in [-0.15, -0.1) is 0 Å². The first-order valence-corrected chi connectivity index (χ1v) is 8.51. The smallest absolute Gasteiger partial charge is 0.340 e. The van der Waals surface area contributed by atoms with E-state index in [9.17, 15) is 17.6 Å². The molecule has 1 aromatic rings. The van der Waals surface area contributed by atoms with Crippen LogP contribution >= 0.6 is 0 Å². The summed E-state index contributed by atoms with van der Waals surface area (Å²) in [6.07, 6.45) is 0.672. The quantitative estimate of drug-likeness (QED) is 0.825. The molecule has 2 rings (SSSR count). The Morgan fingerprint density at radius 1 is 1.48 bits per heavy atom. The standard InChI is InChI=1S/C14H18FNO4S/c1-20-14(17)12-3-2-10(6-13(12)15)7-16-8-11-4-5-21(18,19)9-11/h2-3,6,11,16H,4-5,7-9H2,1H3.